The van der Waals surface area contributed by atoms with Crippen LogP contribution in [0.3, 0.4) is 0 Å². The number of aromatic nitrogens is 1. The first-order valence-electron chi connectivity index (χ1n) is 3.70. The molecular weight excluding hydrogens is 233 g/mol. The smallest absolute Gasteiger partial charge is 0.341 e. The number of rotatable bonds is 3. The van der Waals surface area contributed by atoms with Crippen molar-refractivity contribution < 1.29 is 28.0 Å². The van der Waals surface area contributed by atoms with Crippen molar-refractivity contribution in [1.29, 1.82) is 0 Å². The largest absolute Gasteiger partial charge is 0.478 e. The van der Waals surface area contributed by atoms with Crippen LogP contribution in [-0.2, 0) is 0 Å². The Morgan fingerprint density at radius 2 is 2.12 bits per heavy atom. The van der Waals surface area contributed by atoms with Gasteiger partial charge in [0.25, 0.3) is 6.43 Å². The second kappa shape index (κ2) is 4.13. The van der Waals surface area contributed by atoms with Gasteiger partial charge >= 0.3 is 11.7 Å². The zero-order valence-electron chi connectivity index (χ0n) is 7.35. The van der Waals surface area contributed by atoms with Gasteiger partial charge in [0.1, 0.15) is 17.5 Å². The molecular formula is C7H3F3N2O4. The van der Waals surface area contributed by atoms with Crippen LogP contribution in [0.1, 0.15) is 22.5 Å². The van der Waals surface area contributed by atoms with Crippen LogP contribution in [0, 0.1) is 15.9 Å². The second-order valence-electron chi connectivity index (χ2n) is 2.58. The molecule has 0 fully saturated rings. The van der Waals surface area contributed by atoms with Gasteiger partial charge in [0.15, 0.2) is 0 Å². The van der Waals surface area contributed by atoms with Crippen LogP contribution < -0.4 is 0 Å². The second-order valence-corrected chi connectivity index (χ2v) is 2.58. The van der Waals surface area contributed by atoms with Gasteiger partial charge in [-0.05, 0) is 0 Å². The molecule has 1 N–H and O–H groups in total. The van der Waals surface area contributed by atoms with E-state index in [0.29, 0.717) is 0 Å². The van der Waals surface area contributed by atoms with Gasteiger partial charge in [-0.15, -0.1) is 0 Å². The molecule has 0 aliphatic heterocycles. The lowest BCUT2D eigenvalue weighted by molar-refractivity contribution is -0.387. The van der Waals surface area contributed by atoms with E-state index in [0.717, 1.165) is 0 Å². The van der Waals surface area contributed by atoms with E-state index < -0.39 is 40.1 Å². The van der Waals surface area contributed by atoms with Gasteiger partial charge in [-0.2, -0.15) is 4.39 Å². The molecule has 0 saturated heterocycles. The van der Waals surface area contributed by atoms with E-state index in [2.05, 4.69) is 4.98 Å². The third-order valence-corrected chi connectivity index (χ3v) is 1.64. The number of nitro groups is 1. The predicted octanol–water partition coefficient (Wildman–Crippen LogP) is 1.76. The molecule has 9 heteroatoms. The molecule has 0 aromatic carbocycles. The highest BCUT2D eigenvalue weighted by Gasteiger charge is 2.30. The zero-order valence-corrected chi connectivity index (χ0v) is 7.35. The summed E-state index contributed by atoms with van der Waals surface area (Å²) in [6, 6.07) is 0. The van der Waals surface area contributed by atoms with Gasteiger partial charge in [0.2, 0.25) is 5.82 Å². The normalized spacial score (nSPS) is 10.5. The van der Waals surface area contributed by atoms with Gasteiger partial charge in [0, 0.05) is 0 Å². The number of halogens is 3. The summed E-state index contributed by atoms with van der Waals surface area (Å²) >= 11 is 0. The summed E-state index contributed by atoms with van der Waals surface area (Å²) in [5.74, 6) is -3.87. The number of aromatic carboxylic acids is 1. The van der Waals surface area contributed by atoms with E-state index in [1.807, 2.05) is 0 Å². The number of hydrogen-bond acceptors (Lipinski definition) is 4. The van der Waals surface area contributed by atoms with E-state index in [1.165, 1.54) is 0 Å². The molecule has 16 heavy (non-hydrogen) atoms. The van der Waals surface area contributed by atoms with Crippen molar-refractivity contribution in [3.05, 3.63) is 33.4 Å². The predicted molar refractivity (Wildman–Crippen MR) is 42.8 cm³/mol. The van der Waals surface area contributed by atoms with Crippen molar-refractivity contribution >= 4 is 11.7 Å². The Kier molecular flexibility index (Phi) is 3.06. The first kappa shape index (κ1) is 11.9. The minimum absolute atomic E-state index is 0.253. The van der Waals surface area contributed by atoms with Crippen LogP contribution >= 0.6 is 0 Å². The fourth-order valence-electron chi connectivity index (χ4n) is 0.989. The summed E-state index contributed by atoms with van der Waals surface area (Å²) in [6.07, 6.45) is -3.08. The molecule has 0 saturated carbocycles. The number of nitrogens with zero attached hydrogens (tertiary/aromatic N) is 2. The molecule has 0 radical (unpaired) electrons. The minimum atomic E-state index is -3.33. The van der Waals surface area contributed by atoms with Crippen LogP contribution in [0.2, 0.25) is 0 Å². The molecule has 1 aromatic rings. The quantitative estimate of drug-likeness (QED) is 0.637. The minimum Gasteiger partial charge on any atom is -0.478 e. The van der Waals surface area contributed by atoms with Gasteiger partial charge in [-0.25, -0.2) is 18.6 Å². The van der Waals surface area contributed by atoms with Gasteiger partial charge in [0.05, 0.1) is 4.92 Å². The number of carboxylic acids is 1. The number of hydrogen-bond donors (Lipinski definition) is 1. The van der Waals surface area contributed by atoms with Crippen molar-refractivity contribution in [3.8, 4) is 0 Å². The van der Waals surface area contributed by atoms with Crippen molar-refractivity contribution in [2.24, 2.45) is 0 Å². The summed E-state index contributed by atoms with van der Waals surface area (Å²) in [5, 5.41) is 18.7. The fourth-order valence-corrected chi connectivity index (χ4v) is 0.989. The Labute approximate surface area is 85.5 Å². The van der Waals surface area contributed by atoms with Crippen molar-refractivity contribution in [2.75, 3.05) is 0 Å². The maximum atomic E-state index is 13.2. The lowest BCUT2D eigenvalue weighted by atomic mass is 10.1. The number of pyridine rings is 1. The van der Waals surface area contributed by atoms with Crippen LogP contribution in [0.5, 0.6) is 0 Å². The summed E-state index contributed by atoms with van der Waals surface area (Å²) in [7, 11) is 0. The highest BCUT2D eigenvalue weighted by Crippen LogP contribution is 2.27. The Hall–Kier alpha value is -2.19. The summed E-state index contributed by atoms with van der Waals surface area (Å²) < 4.78 is 37.7. The number of carbonyl (C=O) groups is 1. The Balaban J connectivity index is 3.54. The maximum absolute atomic E-state index is 13.2. The molecule has 1 rings (SSSR count). The Bertz CT molecular complexity index is 463. The fraction of sp³-hybridized carbons (Fsp3) is 0.143. The van der Waals surface area contributed by atoms with Crippen molar-refractivity contribution in [3.63, 3.8) is 0 Å². The molecule has 0 bridgehead atoms. The molecule has 1 heterocycles. The van der Waals surface area contributed by atoms with E-state index in [4.69, 9.17) is 5.11 Å². The van der Waals surface area contributed by atoms with Gasteiger partial charge < -0.3 is 5.11 Å². The molecule has 1 aromatic heterocycles. The number of alkyl halides is 2. The van der Waals surface area contributed by atoms with E-state index in [-0.39, 0.29) is 6.20 Å². The monoisotopic (exact) mass is 236 g/mol. The third kappa shape index (κ3) is 1.92. The third-order valence-electron chi connectivity index (χ3n) is 1.64. The van der Waals surface area contributed by atoms with Crippen molar-refractivity contribution in [1.82, 2.24) is 4.98 Å². The lowest BCUT2D eigenvalue weighted by Gasteiger charge is -2.04. The molecule has 0 aliphatic rings. The summed E-state index contributed by atoms with van der Waals surface area (Å²) in [6.45, 7) is 0. The van der Waals surface area contributed by atoms with Gasteiger partial charge in [-0.1, -0.05) is 0 Å². The topological polar surface area (TPSA) is 93.3 Å². The average molecular weight is 236 g/mol. The van der Waals surface area contributed by atoms with Gasteiger partial charge in [-0.3, -0.25) is 10.1 Å². The van der Waals surface area contributed by atoms with Crippen LogP contribution in [-0.4, -0.2) is 21.0 Å². The molecule has 0 unspecified atom stereocenters. The Morgan fingerprint density at radius 3 is 2.50 bits per heavy atom. The van der Waals surface area contributed by atoms with Crippen LogP contribution in [0.25, 0.3) is 0 Å². The lowest BCUT2D eigenvalue weighted by Crippen LogP contribution is -2.11. The SMILES string of the molecule is O=C(O)c1c(C(F)F)ncc([N+](=O)[O-])c1F. The molecule has 0 atom stereocenters. The van der Waals surface area contributed by atoms with Crippen molar-refractivity contribution in [2.45, 2.75) is 6.43 Å². The van der Waals surface area contributed by atoms with Crippen LogP contribution in [0.4, 0.5) is 18.9 Å². The highest BCUT2D eigenvalue weighted by molar-refractivity contribution is 5.90. The highest BCUT2D eigenvalue weighted by atomic mass is 19.3. The van der Waals surface area contributed by atoms with Crippen LogP contribution in [0.15, 0.2) is 6.20 Å². The van der Waals surface area contributed by atoms with E-state index >= 15 is 0 Å². The molecule has 0 aliphatic carbocycles. The molecule has 6 nitrogen and oxygen atoms in total. The molecule has 0 amide bonds. The maximum Gasteiger partial charge on any atom is 0.341 e. The van der Waals surface area contributed by atoms with E-state index in [1.54, 1.807) is 0 Å². The molecule has 0 spiro atoms. The molecule has 86 valence electrons. The van der Waals surface area contributed by atoms with E-state index in [9.17, 15) is 28.1 Å². The standard InChI is InChI=1S/C7H3F3N2O4/c8-4-2(12(15)16)1-11-5(6(9)10)3(4)7(13)14/h1,6H,(H,13,14). The first-order valence-corrected chi connectivity index (χ1v) is 3.70. The average Bonchev–Trinajstić information content (AvgIpc) is 2.15. The number of carboxylic acid groups (broad SMARTS) is 1. The zero-order chi connectivity index (χ0) is 12.5. The Morgan fingerprint density at radius 1 is 1.56 bits per heavy atom. The summed E-state index contributed by atoms with van der Waals surface area (Å²) in [4.78, 5) is 22.3. The summed E-state index contributed by atoms with van der Waals surface area (Å²) in [5.41, 5.74) is -4.08. The first-order chi connectivity index (χ1) is 7.36.